The van der Waals surface area contributed by atoms with Crippen molar-refractivity contribution in [1.82, 2.24) is 25.4 Å². The average Bonchev–Trinajstić information content (AvgIpc) is 3.15. The second-order valence-corrected chi connectivity index (χ2v) is 7.06. The van der Waals surface area contributed by atoms with Crippen LogP contribution in [0.25, 0.3) is 0 Å². The molecule has 126 valence electrons. The van der Waals surface area contributed by atoms with Gasteiger partial charge in [0.2, 0.25) is 11.8 Å². The summed E-state index contributed by atoms with van der Waals surface area (Å²) in [5, 5.41) is 12.7. The van der Waals surface area contributed by atoms with Gasteiger partial charge in [0.05, 0.1) is 5.92 Å². The summed E-state index contributed by atoms with van der Waals surface area (Å²) in [4.78, 5) is 30.1. The van der Waals surface area contributed by atoms with E-state index >= 15 is 0 Å². The van der Waals surface area contributed by atoms with Crippen LogP contribution in [0.5, 0.6) is 0 Å². The molecular formula is C16H19N5O2S. The molecule has 1 N–H and O–H groups in total. The number of aromatic nitrogens is 3. The minimum Gasteiger partial charge on any atom is -0.355 e. The van der Waals surface area contributed by atoms with Crippen LogP contribution in [0.3, 0.4) is 0 Å². The lowest BCUT2D eigenvalue weighted by Gasteiger charge is -2.16. The quantitative estimate of drug-likeness (QED) is 0.842. The van der Waals surface area contributed by atoms with Gasteiger partial charge in [-0.3, -0.25) is 14.6 Å². The molecule has 1 saturated heterocycles. The van der Waals surface area contributed by atoms with Crippen LogP contribution < -0.4 is 5.32 Å². The van der Waals surface area contributed by atoms with Gasteiger partial charge in [-0.05, 0) is 18.6 Å². The first kappa shape index (κ1) is 16.5. The van der Waals surface area contributed by atoms with Crippen molar-refractivity contribution < 1.29 is 9.59 Å². The normalized spacial score (nSPS) is 17.3. The molecule has 3 rings (SSSR count). The Labute approximate surface area is 144 Å². The summed E-state index contributed by atoms with van der Waals surface area (Å²) in [6.07, 6.45) is 4.37. The Morgan fingerprint density at radius 1 is 1.46 bits per heavy atom. The van der Waals surface area contributed by atoms with Gasteiger partial charge in [0.25, 0.3) is 0 Å². The number of likely N-dealkylation sites (tertiary alicyclic amines) is 1. The third-order valence-electron chi connectivity index (χ3n) is 3.89. The average molecular weight is 345 g/mol. The van der Waals surface area contributed by atoms with Crippen molar-refractivity contribution in [2.24, 2.45) is 5.92 Å². The number of carbonyl (C=O) groups is 2. The number of pyridine rings is 1. The van der Waals surface area contributed by atoms with E-state index in [-0.39, 0.29) is 24.2 Å². The Balaban J connectivity index is 1.47. The summed E-state index contributed by atoms with van der Waals surface area (Å²) < 4.78 is 0. The Kier molecular flexibility index (Phi) is 5.14. The van der Waals surface area contributed by atoms with E-state index in [1.807, 2.05) is 19.1 Å². The van der Waals surface area contributed by atoms with Gasteiger partial charge in [0.15, 0.2) is 0 Å². The molecule has 0 radical (unpaired) electrons. The Hall–Kier alpha value is -2.35. The zero-order valence-electron chi connectivity index (χ0n) is 13.4. The summed E-state index contributed by atoms with van der Waals surface area (Å²) in [5.74, 6) is -0.345. The summed E-state index contributed by atoms with van der Waals surface area (Å²) >= 11 is 1.53. The molecule has 0 saturated carbocycles. The Morgan fingerprint density at radius 2 is 2.33 bits per heavy atom. The summed E-state index contributed by atoms with van der Waals surface area (Å²) in [6, 6.07) is 3.77. The Bertz CT molecular complexity index is 718. The first-order valence-corrected chi connectivity index (χ1v) is 8.67. The molecule has 1 aliphatic heterocycles. The van der Waals surface area contributed by atoms with E-state index in [2.05, 4.69) is 20.5 Å². The standard InChI is InChI=1S/C16H19N5O2S/c1-11-19-20-14(24-11)4-6-18-16(23)13-7-15(22)21(10-13)9-12-3-2-5-17-8-12/h2-3,5,8,13H,4,6-7,9-10H2,1H3,(H,18,23). The minimum absolute atomic E-state index is 0.0127. The highest BCUT2D eigenvalue weighted by molar-refractivity contribution is 7.11. The molecule has 2 amide bonds. The molecule has 2 aromatic rings. The first-order chi connectivity index (χ1) is 11.6. The predicted molar refractivity (Wildman–Crippen MR) is 89.1 cm³/mol. The van der Waals surface area contributed by atoms with Gasteiger partial charge >= 0.3 is 0 Å². The molecule has 8 heteroatoms. The van der Waals surface area contributed by atoms with Crippen LogP contribution in [0.1, 0.15) is 22.0 Å². The number of amides is 2. The third kappa shape index (κ3) is 4.14. The van der Waals surface area contributed by atoms with E-state index in [1.54, 1.807) is 17.3 Å². The van der Waals surface area contributed by atoms with Crippen molar-refractivity contribution in [3.05, 3.63) is 40.1 Å². The summed E-state index contributed by atoms with van der Waals surface area (Å²) in [7, 11) is 0. The number of carbonyl (C=O) groups excluding carboxylic acids is 2. The molecule has 3 heterocycles. The van der Waals surface area contributed by atoms with Crippen molar-refractivity contribution in [1.29, 1.82) is 0 Å². The highest BCUT2D eigenvalue weighted by atomic mass is 32.1. The largest absolute Gasteiger partial charge is 0.355 e. The topological polar surface area (TPSA) is 88.1 Å². The lowest BCUT2D eigenvalue weighted by Crippen LogP contribution is -2.34. The second kappa shape index (κ2) is 7.48. The van der Waals surface area contributed by atoms with Crippen molar-refractivity contribution >= 4 is 23.2 Å². The van der Waals surface area contributed by atoms with Crippen LogP contribution in [0.4, 0.5) is 0 Å². The van der Waals surface area contributed by atoms with Gasteiger partial charge in [-0.1, -0.05) is 6.07 Å². The van der Waals surface area contributed by atoms with Crippen molar-refractivity contribution in [2.75, 3.05) is 13.1 Å². The number of nitrogens with zero attached hydrogens (tertiary/aromatic N) is 4. The molecule has 1 aliphatic rings. The van der Waals surface area contributed by atoms with Gasteiger partial charge < -0.3 is 10.2 Å². The van der Waals surface area contributed by atoms with Gasteiger partial charge in [-0.2, -0.15) is 0 Å². The molecular weight excluding hydrogens is 326 g/mol. The maximum absolute atomic E-state index is 12.2. The second-order valence-electron chi connectivity index (χ2n) is 5.79. The molecule has 0 spiro atoms. The highest BCUT2D eigenvalue weighted by Crippen LogP contribution is 2.20. The van der Waals surface area contributed by atoms with E-state index in [4.69, 9.17) is 0 Å². The first-order valence-electron chi connectivity index (χ1n) is 7.85. The molecule has 7 nitrogen and oxygen atoms in total. The molecule has 0 aliphatic carbocycles. The number of hydrogen-bond donors (Lipinski definition) is 1. The number of nitrogens with one attached hydrogen (secondary N) is 1. The highest BCUT2D eigenvalue weighted by Gasteiger charge is 2.34. The van der Waals surface area contributed by atoms with Gasteiger partial charge in [-0.25, -0.2) is 0 Å². The van der Waals surface area contributed by atoms with Gasteiger partial charge in [0.1, 0.15) is 10.0 Å². The van der Waals surface area contributed by atoms with Crippen LogP contribution in [0, 0.1) is 12.8 Å². The maximum atomic E-state index is 12.2. The predicted octanol–water partition coefficient (Wildman–Crippen LogP) is 0.949. The molecule has 0 aromatic carbocycles. The fourth-order valence-electron chi connectivity index (χ4n) is 2.69. The van der Waals surface area contributed by atoms with E-state index in [0.29, 0.717) is 26.1 Å². The SMILES string of the molecule is Cc1nnc(CCNC(=O)C2CC(=O)N(Cc3cccnc3)C2)s1. The van der Waals surface area contributed by atoms with Crippen molar-refractivity contribution in [2.45, 2.75) is 26.3 Å². The fourth-order valence-corrected chi connectivity index (χ4v) is 3.40. The van der Waals surface area contributed by atoms with E-state index < -0.39 is 0 Å². The Morgan fingerprint density at radius 3 is 3.04 bits per heavy atom. The van der Waals surface area contributed by atoms with Crippen molar-refractivity contribution in [3.63, 3.8) is 0 Å². The lowest BCUT2D eigenvalue weighted by molar-refractivity contribution is -0.129. The number of aryl methyl sites for hydroxylation is 1. The van der Waals surface area contributed by atoms with Crippen LogP contribution in [0.15, 0.2) is 24.5 Å². The molecule has 1 unspecified atom stereocenters. The van der Waals surface area contributed by atoms with E-state index in [1.165, 1.54) is 11.3 Å². The fraction of sp³-hybridized carbons (Fsp3) is 0.438. The van der Waals surface area contributed by atoms with Crippen LogP contribution in [-0.4, -0.2) is 45.0 Å². The molecule has 0 bridgehead atoms. The van der Waals surface area contributed by atoms with Crippen LogP contribution >= 0.6 is 11.3 Å². The molecule has 2 aromatic heterocycles. The van der Waals surface area contributed by atoms with Crippen molar-refractivity contribution in [3.8, 4) is 0 Å². The number of hydrogen-bond acceptors (Lipinski definition) is 6. The van der Waals surface area contributed by atoms with E-state index in [9.17, 15) is 9.59 Å². The lowest BCUT2D eigenvalue weighted by atomic mass is 10.1. The van der Waals surface area contributed by atoms with Crippen LogP contribution in [0.2, 0.25) is 0 Å². The number of rotatable bonds is 6. The third-order valence-corrected chi connectivity index (χ3v) is 4.79. The van der Waals surface area contributed by atoms with Gasteiger partial charge in [-0.15, -0.1) is 21.5 Å². The van der Waals surface area contributed by atoms with E-state index in [0.717, 1.165) is 15.6 Å². The monoisotopic (exact) mass is 345 g/mol. The zero-order chi connectivity index (χ0) is 16.9. The molecule has 1 fully saturated rings. The molecule has 1 atom stereocenters. The zero-order valence-corrected chi connectivity index (χ0v) is 14.3. The smallest absolute Gasteiger partial charge is 0.225 e. The van der Waals surface area contributed by atoms with Gasteiger partial charge in [0, 0.05) is 44.9 Å². The van der Waals surface area contributed by atoms with Crippen LogP contribution in [-0.2, 0) is 22.6 Å². The molecule has 24 heavy (non-hydrogen) atoms. The summed E-state index contributed by atoms with van der Waals surface area (Å²) in [5.41, 5.74) is 0.971. The summed E-state index contributed by atoms with van der Waals surface area (Å²) in [6.45, 7) is 3.37. The minimum atomic E-state index is -0.287. The maximum Gasteiger partial charge on any atom is 0.225 e.